The van der Waals surface area contributed by atoms with E-state index in [0.29, 0.717) is 22.1 Å². The highest BCUT2D eigenvalue weighted by Crippen LogP contribution is 2.25. The lowest BCUT2D eigenvalue weighted by atomic mass is 9.99. The van der Waals surface area contributed by atoms with Gasteiger partial charge >= 0.3 is 0 Å². The smallest absolute Gasteiger partial charge is 0.0441 e. The number of rotatable bonds is 2. The van der Waals surface area contributed by atoms with Crippen molar-refractivity contribution in [1.29, 1.82) is 0 Å². The van der Waals surface area contributed by atoms with Crippen LogP contribution in [0.3, 0.4) is 0 Å². The molecule has 0 radical (unpaired) electrons. The Morgan fingerprint density at radius 3 is 2.47 bits per heavy atom. The summed E-state index contributed by atoms with van der Waals surface area (Å²) in [4.78, 5) is 2.39. The lowest BCUT2D eigenvalue weighted by molar-refractivity contribution is 0.190. The predicted molar refractivity (Wildman–Crippen MR) is 75.2 cm³/mol. The number of piperidine rings is 1. The fraction of sp³-hybridized carbons (Fsp3) is 0.538. The molecule has 4 heteroatoms. The molecular weight excluding hydrogens is 255 g/mol. The maximum atomic E-state index is 5.99. The van der Waals surface area contributed by atoms with Crippen molar-refractivity contribution in [2.75, 3.05) is 18.9 Å². The van der Waals surface area contributed by atoms with Crippen LogP contribution in [0.25, 0.3) is 0 Å². The van der Waals surface area contributed by atoms with E-state index in [1.807, 2.05) is 12.1 Å². The Morgan fingerprint density at radius 1 is 1.24 bits per heavy atom. The lowest BCUT2D eigenvalue weighted by Gasteiger charge is -2.35. The lowest BCUT2D eigenvalue weighted by Crippen LogP contribution is -2.42. The van der Waals surface area contributed by atoms with Gasteiger partial charge in [-0.05, 0) is 45.0 Å². The number of anilines is 1. The number of likely N-dealkylation sites (tertiary alicyclic amines) is 1. The maximum Gasteiger partial charge on any atom is 0.0441 e. The number of nitrogens with zero attached hydrogens (tertiary/aromatic N) is 1. The Bertz CT molecular complexity index is 375. The van der Waals surface area contributed by atoms with Crippen LogP contribution in [-0.4, -0.2) is 30.6 Å². The quantitative estimate of drug-likeness (QED) is 0.879. The van der Waals surface area contributed by atoms with E-state index >= 15 is 0 Å². The van der Waals surface area contributed by atoms with E-state index in [1.54, 1.807) is 6.07 Å². The summed E-state index contributed by atoms with van der Waals surface area (Å²) in [7, 11) is 2.18. The molecule has 1 aliphatic heterocycles. The zero-order valence-electron chi connectivity index (χ0n) is 10.2. The molecule has 0 bridgehead atoms. The van der Waals surface area contributed by atoms with Crippen LogP contribution >= 0.6 is 23.2 Å². The second kappa shape index (κ2) is 5.47. The average Bonchev–Trinajstić information content (AvgIpc) is 2.22. The largest absolute Gasteiger partial charge is 0.382 e. The Kier molecular flexibility index (Phi) is 4.18. The summed E-state index contributed by atoms with van der Waals surface area (Å²) in [5.74, 6) is 0. The van der Waals surface area contributed by atoms with Gasteiger partial charge in [0.05, 0.1) is 0 Å². The molecule has 0 aliphatic carbocycles. The van der Waals surface area contributed by atoms with Crippen molar-refractivity contribution in [2.45, 2.75) is 31.8 Å². The fourth-order valence-electron chi connectivity index (χ4n) is 2.29. The molecule has 0 saturated carbocycles. The van der Waals surface area contributed by atoms with Gasteiger partial charge in [-0.3, -0.25) is 0 Å². The Balaban J connectivity index is 2.01. The molecule has 0 aromatic heterocycles. The predicted octanol–water partition coefficient (Wildman–Crippen LogP) is 3.89. The minimum atomic E-state index is 0.510. The molecule has 2 rings (SSSR count). The van der Waals surface area contributed by atoms with Crippen molar-refractivity contribution in [3.05, 3.63) is 28.2 Å². The van der Waals surface area contributed by atoms with Crippen LogP contribution in [0.5, 0.6) is 0 Å². The SMILES string of the molecule is CC1CC(Nc2cc(Cl)cc(Cl)c2)CCN1C. The van der Waals surface area contributed by atoms with Crippen LogP contribution in [0.15, 0.2) is 18.2 Å². The van der Waals surface area contributed by atoms with E-state index in [-0.39, 0.29) is 0 Å². The third-order valence-electron chi connectivity index (χ3n) is 3.44. The summed E-state index contributed by atoms with van der Waals surface area (Å²) < 4.78 is 0. The molecule has 1 aliphatic rings. The first kappa shape index (κ1) is 13.0. The number of nitrogens with one attached hydrogen (secondary N) is 1. The molecule has 2 atom stereocenters. The van der Waals surface area contributed by atoms with E-state index in [2.05, 4.69) is 24.2 Å². The highest BCUT2D eigenvalue weighted by Gasteiger charge is 2.22. The number of hydrogen-bond donors (Lipinski definition) is 1. The molecule has 1 aromatic rings. The molecule has 1 aromatic carbocycles. The topological polar surface area (TPSA) is 15.3 Å². The van der Waals surface area contributed by atoms with Gasteiger partial charge in [-0.25, -0.2) is 0 Å². The van der Waals surface area contributed by atoms with Gasteiger partial charge in [0.25, 0.3) is 0 Å². The minimum absolute atomic E-state index is 0.510. The normalized spacial score (nSPS) is 25.9. The summed E-state index contributed by atoms with van der Waals surface area (Å²) in [5.41, 5.74) is 1.02. The monoisotopic (exact) mass is 272 g/mol. The first-order chi connectivity index (χ1) is 8.04. The van der Waals surface area contributed by atoms with Gasteiger partial charge < -0.3 is 10.2 Å². The maximum absolute atomic E-state index is 5.99. The molecule has 1 N–H and O–H groups in total. The average molecular weight is 273 g/mol. The van der Waals surface area contributed by atoms with Gasteiger partial charge in [0.2, 0.25) is 0 Å². The summed E-state index contributed by atoms with van der Waals surface area (Å²) in [6, 6.07) is 6.74. The molecule has 1 fully saturated rings. The minimum Gasteiger partial charge on any atom is -0.382 e. The second-order valence-electron chi connectivity index (χ2n) is 4.85. The standard InChI is InChI=1S/C13H18Cl2N2/c1-9-5-12(3-4-17(9)2)16-13-7-10(14)6-11(15)8-13/h6-9,12,16H,3-5H2,1-2H3. The van der Waals surface area contributed by atoms with E-state index in [9.17, 15) is 0 Å². The van der Waals surface area contributed by atoms with Gasteiger partial charge in [-0.2, -0.15) is 0 Å². The van der Waals surface area contributed by atoms with E-state index < -0.39 is 0 Å². The van der Waals surface area contributed by atoms with E-state index in [4.69, 9.17) is 23.2 Å². The summed E-state index contributed by atoms with van der Waals surface area (Å²) in [6.07, 6.45) is 2.31. The third-order valence-corrected chi connectivity index (χ3v) is 3.88. The molecule has 17 heavy (non-hydrogen) atoms. The van der Waals surface area contributed by atoms with Gasteiger partial charge in [-0.15, -0.1) is 0 Å². The molecule has 1 saturated heterocycles. The van der Waals surface area contributed by atoms with Crippen LogP contribution < -0.4 is 5.32 Å². The van der Waals surface area contributed by atoms with E-state index in [1.165, 1.54) is 0 Å². The summed E-state index contributed by atoms with van der Waals surface area (Å²) in [6.45, 7) is 3.39. The van der Waals surface area contributed by atoms with Gasteiger partial charge in [-0.1, -0.05) is 23.2 Å². The van der Waals surface area contributed by atoms with Crippen LogP contribution in [-0.2, 0) is 0 Å². The molecule has 2 unspecified atom stereocenters. The zero-order valence-corrected chi connectivity index (χ0v) is 11.7. The first-order valence-electron chi connectivity index (χ1n) is 5.97. The van der Waals surface area contributed by atoms with Crippen molar-refractivity contribution < 1.29 is 0 Å². The number of hydrogen-bond acceptors (Lipinski definition) is 2. The van der Waals surface area contributed by atoms with Crippen molar-refractivity contribution >= 4 is 28.9 Å². The highest BCUT2D eigenvalue weighted by atomic mass is 35.5. The van der Waals surface area contributed by atoms with E-state index in [0.717, 1.165) is 25.1 Å². The molecule has 2 nitrogen and oxygen atoms in total. The first-order valence-corrected chi connectivity index (χ1v) is 6.73. The van der Waals surface area contributed by atoms with Crippen LogP contribution in [0, 0.1) is 0 Å². The second-order valence-corrected chi connectivity index (χ2v) is 5.73. The van der Waals surface area contributed by atoms with Crippen LogP contribution in [0.2, 0.25) is 10.0 Å². The highest BCUT2D eigenvalue weighted by molar-refractivity contribution is 6.35. The van der Waals surface area contributed by atoms with Gasteiger partial charge in [0.15, 0.2) is 0 Å². The van der Waals surface area contributed by atoms with Gasteiger partial charge in [0, 0.05) is 34.4 Å². The summed E-state index contributed by atoms with van der Waals surface area (Å²) >= 11 is 12.0. The summed E-state index contributed by atoms with van der Waals surface area (Å²) in [5, 5.41) is 4.88. The van der Waals surface area contributed by atoms with Crippen molar-refractivity contribution in [3.8, 4) is 0 Å². The molecule has 0 spiro atoms. The third kappa shape index (κ3) is 3.51. The van der Waals surface area contributed by atoms with Crippen LogP contribution in [0.4, 0.5) is 5.69 Å². The molecule has 1 heterocycles. The fourth-order valence-corrected chi connectivity index (χ4v) is 2.82. The number of benzene rings is 1. The van der Waals surface area contributed by atoms with Crippen molar-refractivity contribution in [1.82, 2.24) is 4.90 Å². The Labute approximate surface area is 113 Å². The van der Waals surface area contributed by atoms with Gasteiger partial charge in [0.1, 0.15) is 0 Å². The molecule has 0 amide bonds. The number of halogens is 2. The zero-order chi connectivity index (χ0) is 12.4. The van der Waals surface area contributed by atoms with Crippen molar-refractivity contribution in [3.63, 3.8) is 0 Å². The van der Waals surface area contributed by atoms with Crippen LogP contribution in [0.1, 0.15) is 19.8 Å². The molecule has 94 valence electrons. The van der Waals surface area contributed by atoms with Crippen molar-refractivity contribution in [2.24, 2.45) is 0 Å². The Hall–Kier alpha value is -0.440. The Morgan fingerprint density at radius 2 is 1.88 bits per heavy atom. The molecular formula is C13H18Cl2N2.